The van der Waals surface area contributed by atoms with Crippen LogP contribution >= 0.6 is 0 Å². The lowest BCUT2D eigenvalue weighted by atomic mass is 9.97. The molecule has 2 aliphatic carbocycles. The Morgan fingerprint density at radius 3 is 1.89 bits per heavy atom. The Bertz CT molecular complexity index is 429. The van der Waals surface area contributed by atoms with Gasteiger partial charge in [0.25, 0.3) is 0 Å². The molecular weight excluding hydrogens is 330 g/mol. The molecule has 0 aromatic heterocycles. The largest absolute Gasteiger partial charge is 0.315 e. The van der Waals surface area contributed by atoms with Crippen molar-refractivity contribution in [3.8, 4) is 0 Å². The topological polar surface area (TPSA) is 36.8 Å². The smallest absolute Gasteiger partial charge is 0.0513 e. The molecule has 27 heavy (non-hydrogen) atoms. The Hall–Kier alpha value is -0.700. The fourth-order valence-electron chi connectivity index (χ4n) is 4.79. The highest BCUT2D eigenvalue weighted by molar-refractivity contribution is 5.87. The summed E-state index contributed by atoms with van der Waals surface area (Å²) in [5.41, 5.74) is 3.05. The van der Waals surface area contributed by atoms with Gasteiger partial charge in [-0.2, -0.15) is 0 Å². The third kappa shape index (κ3) is 8.89. The Balaban J connectivity index is 1.60. The van der Waals surface area contributed by atoms with Crippen LogP contribution < -0.4 is 5.32 Å². The first kappa shape index (κ1) is 22.6. The maximum atomic E-state index is 5.02. The van der Waals surface area contributed by atoms with Crippen molar-refractivity contribution in [2.75, 3.05) is 26.2 Å². The molecule has 0 atom stereocenters. The molecule has 0 aromatic rings. The molecule has 2 fully saturated rings. The molecule has 0 bridgehead atoms. The normalized spacial score (nSPS) is 20.1. The van der Waals surface area contributed by atoms with E-state index in [9.17, 15) is 0 Å². The van der Waals surface area contributed by atoms with Gasteiger partial charge in [0.2, 0.25) is 0 Å². The van der Waals surface area contributed by atoms with Gasteiger partial charge in [0, 0.05) is 24.5 Å². The average molecular weight is 376 g/mol. The second-order valence-corrected chi connectivity index (χ2v) is 8.67. The molecular formula is C24H45N3. The van der Waals surface area contributed by atoms with Gasteiger partial charge >= 0.3 is 0 Å². The highest BCUT2D eigenvalue weighted by atomic mass is 14.9. The monoisotopic (exact) mass is 375 g/mol. The Kier molecular flexibility index (Phi) is 12.0. The number of hydrogen-bond donors (Lipinski definition) is 1. The molecule has 2 rings (SSSR count). The van der Waals surface area contributed by atoms with Crippen LogP contribution in [0.5, 0.6) is 0 Å². The molecule has 2 aliphatic rings. The van der Waals surface area contributed by atoms with Crippen LogP contribution in [0.25, 0.3) is 0 Å². The van der Waals surface area contributed by atoms with E-state index in [1.54, 1.807) is 5.71 Å². The van der Waals surface area contributed by atoms with Crippen LogP contribution in [-0.2, 0) is 0 Å². The molecule has 3 nitrogen and oxygen atoms in total. The molecule has 1 N–H and O–H groups in total. The summed E-state index contributed by atoms with van der Waals surface area (Å²) in [4.78, 5) is 9.97. The summed E-state index contributed by atoms with van der Waals surface area (Å²) in [5.74, 6) is 1.61. The minimum atomic E-state index is 0.802. The van der Waals surface area contributed by atoms with E-state index >= 15 is 0 Å². The van der Waals surface area contributed by atoms with E-state index in [-0.39, 0.29) is 0 Å². The fraction of sp³-hybridized carbons (Fsp3) is 0.917. The third-order valence-corrected chi connectivity index (χ3v) is 6.38. The molecule has 0 amide bonds. The predicted octanol–water partition coefficient (Wildman–Crippen LogP) is 6.22. The van der Waals surface area contributed by atoms with Gasteiger partial charge < -0.3 is 5.32 Å². The van der Waals surface area contributed by atoms with Crippen LogP contribution in [0, 0.1) is 11.8 Å². The molecule has 0 aliphatic heterocycles. The Labute approximate surface area is 168 Å². The zero-order valence-corrected chi connectivity index (χ0v) is 18.3. The van der Waals surface area contributed by atoms with Crippen LogP contribution in [0.2, 0.25) is 0 Å². The first-order valence-electron chi connectivity index (χ1n) is 12.1. The Morgan fingerprint density at radius 1 is 0.704 bits per heavy atom. The van der Waals surface area contributed by atoms with Gasteiger partial charge in [-0.3, -0.25) is 9.98 Å². The maximum Gasteiger partial charge on any atom is 0.0513 e. The van der Waals surface area contributed by atoms with E-state index in [0.29, 0.717) is 0 Å². The number of rotatable bonds is 14. The number of aliphatic imine (C=N–C) groups is 2. The second-order valence-electron chi connectivity index (χ2n) is 8.67. The number of unbranched alkanes of at least 4 members (excludes halogenated alkanes) is 1. The summed E-state index contributed by atoms with van der Waals surface area (Å²) in [5, 5.41) is 3.58. The summed E-state index contributed by atoms with van der Waals surface area (Å²) in [6.45, 7) is 8.64. The van der Waals surface area contributed by atoms with Gasteiger partial charge in [0.1, 0.15) is 0 Å². The fourth-order valence-corrected chi connectivity index (χ4v) is 4.79. The Morgan fingerprint density at radius 2 is 1.30 bits per heavy atom. The van der Waals surface area contributed by atoms with E-state index in [1.807, 2.05) is 0 Å². The van der Waals surface area contributed by atoms with Crippen molar-refractivity contribution in [3.63, 3.8) is 0 Å². The van der Waals surface area contributed by atoms with E-state index in [2.05, 4.69) is 19.2 Å². The minimum absolute atomic E-state index is 0.802. The number of nitrogens with zero attached hydrogens (tertiary/aromatic N) is 2. The van der Waals surface area contributed by atoms with Gasteiger partial charge in [-0.1, -0.05) is 52.4 Å². The van der Waals surface area contributed by atoms with Crippen molar-refractivity contribution in [2.24, 2.45) is 21.8 Å². The van der Waals surface area contributed by atoms with E-state index in [0.717, 1.165) is 44.4 Å². The van der Waals surface area contributed by atoms with Gasteiger partial charge in [0.05, 0.1) is 6.54 Å². The first-order chi connectivity index (χ1) is 13.3. The zero-order chi connectivity index (χ0) is 19.2. The van der Waals surface area contributed by atoms with Crippen molar-refractivity contribution in [1.82, 2.24) is 5.32 Å². The van der Waals surface area contributed by atoms with Crippen molar-refractivity contribution in [1.29, 1.82) is 0 Å². The third-order valence-electron chi connectivity index (χ3n) is 6.38. The molecule has 0 spiro atoms. The molecule has 0 heterocycles. The summed E-state index contributed by atoms with van der Waals surface area (Å²) in [6.07, 6.45) is 18.6. The van der Waals surface area contributed by atoms with Gasteiger partial charge in [-0.25, -0.2) is 0 Å². The van der Waals surface area contributed by atoms with E-state index in [4.69, 9.17) is 9.98 Å². The van der Waals surface area contributed by atoms with Crippen LogP contribution in [-0.4, -0.2) is 37.6 Å². The lowest BCUT2D eigenvalue weighted by Gasteiger charge is -2.14. The molecule has 0 radical (unpaired) electrons. The average Bonchev–Trinajstić information content (AvgIpc) is 3.39. The minimum Gasteiger partial charge on any atom is -0.315 e. The van der Waals surface area contributed by atoms with Gasteiger partial charge in [-0.05, 0) is 69.7 Å². The SMILES string of the molecule is CCCCC(=NCCCNCCN=C(CCC)C1CCCC1)C1CCCC1. The maximum absolute atomic E-state index is 5.02. The number of nitrogens with one attached hydrogen (secondary N) is 1. The van der Waals surface area contributed by atoms with Gasteiger partial charge in [0.15, 0.2) is 0 Å². The second kappa shape index (κ2) is 14.3. The van der Waals surface area contributed by atoms with Crippen molar-refractivity contribution in [2.45, 2.75) is 104 Å². The standard InChI is InChI=1S/C24H45N3/c1-3-5-16-24(22-14-8-9-15-22)26-18-10-17-25-19-20-27-23(11-4-2)21-12-6-7-13-21/h21-22,25H,3-20H2,1-2H3. The molecule has 0 aromatic carbocycles. The van der Waals surface area contributed by atoms with E-state index < -0.39 is 0 Å². The lowest BCUT2D eigenvalue weighted by molar-refractivity contribution is 0.643. The molecule has 0 unspecified atom stereocenters. The highest BCUT2D eigenvalue weighted by Crippen LogP contribution is 2.28. The number of hydrogen-bond acceptors (Lipinski definition) is 3. The van der Waals surface area contributed by atoms with Crippen molar-refractivity contribution in [3.05, 3.63) is 0 Å². The molecule has 156 valence electrons. The zero-order valence-electron chi connectivity index (χ0n) is 18.3. The van der Waals surface area contributed by atoms with Crippen LogP contribution in [0.1, 0.15) is 104 Å². The lowest BCUT2D eigenvalue weighted by Crippen LogP contribution is -2.21. The summed E-state index contributed by atoms with van der Waals surface area (Å²) >= 11 is 0. The van der Waals surface area contributed by atoms with Gasteiger partial charge in [-0.15, -0.1) is 0 Å². The van der Waals surface area contributed by atoms with Crippen molar-refractivity contribution >= 4 is 11.4 Å². The molecule has 0 saturated heterocycles. The van der Waals surface area contributed by atoms with Crippen LogP contribution in [0.3, 0.4) is 0 Å². The molecule has 3 heteroatoms. The van der Waals surface area contributed by atoms with E-state index in [1.165, 1.54) is 89.2 Å². The van der Waals surface area contributed by atoms with Crippen LogP contribution in [0.15, 0.2) is 9.98 Å². The predicted molar refractivity (Wildman–Crippen MR) is 120 cm³/mol. The molecule has 2 saturated carbocycles. The van der Waals surface area contributed by atoms with Crippen LogP contribution in [0.4, 0.5) is 0 Å². The summed E-state index contributed by atoms with van der Waals surface area (Å²) in [6, 6.07) is 0. The van der Waals surface area contributed by atoms with Crippen molar-refractivity contribution < 1.29 is 0 Å². The quantitative estimate of drug-likeness (QED) is 0.284. The highest BCUT2D eigenvalue weighted by Gasteiger charge is 2.20. The summed E-state index contributed by atoms with van der Waals surface area (Å²) < 4.78 is 0. The summed E-state index contributed by atoms with van der Waals surface area (Å²) in [7, 11) is 0. The first-order valence-corrected chi connectivity index (χ1v) is 12.1.